The second kappa shape index (κ2) is 3.45. The standard InChI is InChI=1S/C9H7NOS/c1-2-4-8(5-3-1)9-6-7-12-11-10-9/h1-7H. The van der Waals surface area contributed by atoms with E-state index in [1.165, 1.54) is 12.0 Å². The maximum absolute atomic E-state index is 4.85. The molecule has 1 aromatic rings. The van der Waals surface area contributed by atoms with Crippen LogP contribution in [0.2, 0.25) is 0 Å². The highest BCUT2D eigenvalue weighted by Crippen LogP contribution is 2.14. The zero-order chi connectivity index (χ0) is 8.23. The molecule has 0 saturated heterocycles. The first-order chi connectivity index (χ1) is 5.97. The van der Waals surface area contributed by atoms with Gasteiger partial charge in [0.25, 0.3) is 0 Å². The number of hydrogen-bond acceptors (Lipinski definition) is 3. The van der Waals surface area contributed by atoms with Crippen LogP contribution in [0.1, 0.15) is 5.56 Å². The molecule has 0 aliphatic carbocycles. The van der Waals surface area contributed by atoms with E-state index in [9.17, 15) is 0 Å². The quantitative estimate of drug-likeness (QED) is 0.615. The van der Waals surface area contributed by atoms with Gasteiger partial charge in [0.1, 0.15) is 17.8 Å². The van der Waals surface area contributed by atoms with Gasteiger partial charge in [-0.25, -0.2) is 0 Å². The van der Waals surface area contributed by atoms with Crippen LogP contribution in [0.3, 0.4) is 0 Å². The van der Waals surface area contributed by atoms with Gasteiger partial charge in [0.15, 0.2) is 0 Å². The molecule has 2 rings (SSSR count). The Labute approximate surface area is 75.1 Å². The topological polar surface area (TPSA) is 21.6 Å². The van der Waals surface area contributed by atoms with Crippen molar-refractivity contribution in [3.8, 4) is 0 Å². The molecule has 2 nitrogen and oxygen atoms in total. The van der Waals surface area contributed by atoms with Crippen LogP contribution in [-0.4, -0.2) is 5.71 Å². The fraction of sp³-hybridized carbons (Fsp3) is 0. The van der Waals surface area contributed by atoms with Crippen molar-refractivity contribution < 1.29 is 4.28 Å². The predicted octanol–water partition coefficient (Wildman–Crippen LogP) is 2.58. The van der Waals surface area contributed by atoms with E-state index in [0.717, 1.165) is 11.3 Å². The van der Waals surface area contributed by atoms with Gasteiger partial charge >= 0.3 is 0 Å². The number of benzene rings is 1. The molecule has 0 amide bonds. The lowest BCUT2D eigenvalue weighted by molar-refractivity contribution is 0.408. The van der Waals surface area contributed by atoms with Gasteiger partial charge in [-0.05, 0) is 6.08 Å². The molecule has 0 saturated carbocycles. The number of allylic oxidation sites excluding steroid dienone is 1. The lowest BCUT2D eigenvalue weighted by Crippen LogP contribution is -1.98. The molecule has 0 aromatic heterocycles. The number of hydrogen-bond donors (Lipinski definition) is 0. The zero-order valence-electron chi connectivity index (χ0n) is 6.31. The summed E-state index contributed by atoms with van der Waals surface area (Å²) in [5.74, 6) is 0. The summed E-state index contributed by atoms with van der Waals surface area (Å²) < 4.78 is 4.85. The molecule has 0 N–H and O–H groups in total. The molecule has 0 radical (unpaired) electrons. The third kappa shape index (κ3) is 1.51. The number of oxime groups is 1. The van der Waals surface area contributed by atoms with Crippen LogP contribution < -0.4 is 0 Å². The van der Waals surface area contributed by atoms with E-state index in [1.54, 1.807) is 0 Å². The van der Waals surface area contributed by atoms with Crippen molar-refractivity contribution in [2.45, 2.75) is 0 Å². The zero-order valence-corrected chi connectivity index (χ0v) is 7.12. The SMILES string of the molecule is C1=CC(c2ccccc2)=NOS1. The van der Waals surface area contributed by atoms with Gasteiger partial charge in [0.2, 0.25) is 0 Å². The lowest BCUT2D eigenvalue weighted by Gasteiger charge is -2.03. The highest BCUT2D eigenvalue weighted by atomic mass is 32.2. The summed E-state index contributed by atoms with van der Waals surface area (Å²) in [4.78, 5) is 0. The van der Waals surface area contributed by atoms with E-state index in [0.29, 0.717) is 0 Å². The maximum Gasteiger partial charge on any atom is 0.117 e. The number of rotatable bonds is 1. The van der Waals surface area contributed by atoms with E-state index in [2.05, 4.69) is 5.16 Å². The first-order valence-corrected chi connectivity index (χ1v) is 4.40. The Hall–Kier alpha value is -1.22. The van der Waals surface area contributed by atoms with Crippen molar-refractivity contribution in [2.24, 2.45) is 5.16 Å². The Morgan fingerprint density at radius 1 is 1.17 bits per heavy atom. The van der Waals surface area contributed by atoms with Gasteiger partial charge in [0, 0.05) is 11.0 Å². The summed E-state index contributed by atoms with van der Waals surface area (Å²) in [5.41, 5.74) is 1.95. The summed E-state index contributed by atoms with van der Waals surface area (Å²) in [5, 5.41) is 5.76. The third-order valence-corrected chi connectivity index (χ3v) is 1.94. The highest BCUT2D eigenvalue weighted by Gasteiger charge is 2.02. The first kappa shape index (κ1) is 7.43. The summed E-state index contributed by atoms with van der Waals surface area (Å²) >= 11 is 1.23. The van der Waals surface area contributed by atoms with Crippen molar-refractivity contribution in [3.05, 3.63) is 47.4 Å². The molecule has 0 spiro atoms. The molecule has 1 aliphatic rings. The fourth-order valence-electron chi connectivity index (χ4n) is 0.967. The Bertz CT molecular complexity index is 319. The molecule has 0 unspecified atom stereocenters. The minimum absolute atomic E-state index is 0.870. The van der Waals surface area contributed by atoms with Gasteiger partial charge < -0.3 is 4.28 Å². The lowest BCUT2D eigenvalue weighted by atomic mass is 10.1. The van der Waals surface area contributed by atoms with Gasteiger partial charge in [-0.3, -0.25) is 0 Å². The van der Waals surface area contributed by atoms with Crippen LogP contribution in [0, 0.1) is 0 Å². The van der Waals surface area contributed by atoms with Crippen LogP contribution >= 0.6 is 12.0 Å². The molecule has 0 fully saturated rings. The highest BCUT2D eigenvalue weighted by molar-refractivity contribution is 7.97. The minimum Gasteiger partial charge on any atom is -0.317 e. The molecular formula is C9H7NOS. The normalized spacial score (nSPS) is 15.2. The Kier molecular flexibility index (Phi) is 2.14. The second-order valence-corrected chi connectivity index (χ2v) is 2.93. The van der Waals surface area contributed by atoms with Crippen LogP contribution in [-0.2, 0) is 4.28 Å². The molecular weight excluding hydrogens is 170 g/mol. The van der Waals surface area contributed by atoms with E-state index < -0.39 is 0 Å². The molecule has 0 atom stereocenters. The molecule has 12 heavy (non-hydrogen) atoms. The van der Waals surface area contributed by atoms with Crippen LogP contribution in [0.15, 0.2) is 47.0 Å². The van der Waals surface area contributed by atoms with Gasteiger partial charge in [0.05, 0.1) is 0 Å². The van der Waals surface area contributed by atoms with Crippen LogP contribution in [0.5, 0.6) is 0 Å². The fourth-order valence-corrected chi connectivity index (χ4v) is 1.32. The van der Waals surface area contributed by atoms with Crippen molar-refractivity contribution in [2.75, 3.05) is 0 Å². The maximum atomic E-state index is 4.85. The second-order valence-electron chi connectivity index (χ2n) is 2.32. The average Bonchev–Trinajstić information content (AvgIpc) is 2.21. The Balaban J connectivity index is 2.31. The average molecular weight is 177 g/mol. The van der Waals surface area contributed by atoms with Gasteiger partial charge in [-0.1, -0.05) is 35.5 Å². The van der Waals surface area contributed by atoms with Crippen molar-refractivity contribution >= 4 is 17.8 Å². The summed E-state index contributed by atoms with van der Waals surface area (Å²) in [6.07, 6.45) is 1.93. The summed E-state index contributed by atoms with van der Waals surface area (Å²) in [6, 6.07) is 9.94. The molecule has 3 heteroatoms. The number of nitrogens with zero attached hydrogens (tertiary/aromatic N) is 1. The van der Waals surface area contributed by atoms with Gasteiger partial charge in [-0.2, -0.15) is 0 Å². The smallest absolute Gasteiger partial charge is 0.117 e. The summed E-state index contributed by atoms with van der Waals surface area (Å²) in [7, 11) is 0. The predicted molar refractivity (Wildman–Crippen MR) is 50.8 cm³/mol. The largest absolute Gasteiger partial charge is 0.317 e. The monoisotopic (exact) mass is 177 g/mol. The minimum atomic E-state index is 0.870. The van der Waals surface area contributed by atoms with E-state index in [1.807, 2.05) is 41.8 Å². The summed E-state index contributed by atoms with van der Waals surface area (Å²) in [6.45, 7) is 0. The van der Waals surface area contributed by atoms with E-state index >= 15 is 0 Å². The third-order valence-electron chi connectivity index (χ3n) is 1.53. The molecule has 60 valence electrons. The van der Waals surface area contributed by atoms with Crippen LogP contribution in [0.4, 0.5) is 0 Å². The van der Waals surface area contributed by atoms with Crippen LogP contribution in [0.25, 0.3) is 0 Å². The van der Waals surface area contributed by atoms with Crippen molar-refractivity contribution in [3.63, 3.8) is 0 Å². The molecule has 0 bridgehead atoms. The van der Waals surface area contributed by atoms with Crippen molar-refractivity contribution in [1.82, 2.24) is 0 Å². The molecule has 1 heterocycles. The van der Waals surface area contributed by atoms with E-state index in [4.69, 9.17) is 4.28 Å². The molecule has 1 aliphatic heterocycles. The molecule has 1 aromatic carbocycles. The first-order valence-electron chi connectivity index (χ1n) is 3.59. The van der Waals surface area contributed by atoms with Crippen molar-refractivity contribution in [1.29, 1.82) is 0 Å². The van der Waals surface area contributed by atoms with Gasteiger partial charge in [-0.15, -0.1) is 0 Å². The Morgan fingerprint density at radius 3 is 2.67 bits per heavy atom. The Morgan fingerprint density at radius 2 is 2.00 bits per heavy atom. The van der Waals surface area contributed by atoms with E-state index in [-0.39, 0.29) is 0 Å².